The number of halogens is 1. The molecule has 3 rings (SSSR count). The highest BCUT2D eigenvalue weighted by Gasteiger charge is 2.17. The Labute approximate surface area is 114 Å². The van der Waals surface area contributed by atoms with Crippen molar-refractivity contribution in [1.82, 2.24) is 0 Å². The normalized spacial score (nSPS) is 13.1. The van der Waals surface area contributed by atoms with Gasteiger partial charge in [-0.1, -0.05) is 17.7 Å². The van der Waals surface area contributed by atoms with E-state index < -0.39 is 0 Å². The van der Waals surface area contributed by atoms with Gasteiger partial charge >= 0.3 is 0 Å². The summed E-state index contributed by atoms with van der Waals surface area (Å²) in [6, 6.07) is 9.40. The molecule has 18 heavy (non-hydrogen) atoms. The van der Waals surface area contributed by atoms with Crippen molar-refractivity contribution in [3.63, 3.8) is 0 Å². The smallest absolute Gasteiger partial charge is 0.135 e. The number of furan rings is 1. The third-order valence-corrected chi connectivity index (χ3v) is 4.45. The molecule has 0 spiro atoms. The Morgan fingerprint density at radius 3 is 2.83 bits per heavy atom. The van der Waals surface area contributed by atoms with Gasteiger partial charge in [0.2, 0.25) is 0 Å². The van der Waals surface area contributed by atoms with Crippen LogP contribution in [-0.2, 0) is 0 Å². The third kappa shape index (κ3) is 1.85. The number of nitrogens with two attached hydrogens (primary N) is 1. The number of hydrogen-bond acceptors (Lipinski definition) is 3. The summed E-state index contributed by atoms with van der Waals surface area (Å²) in [5.41, 5.74) is 8.22. The van der Waals surface area contributed by atoms with Crippen molar-refractivity contribution >= 4 is 33.9 Å². The van der Waals surface area contributed by atoms with Gasteiger partial charge in [-0.15, -0.1) is 11.3 Å². The summed E-state index contributed by atoms with van der Waals surface area (Å²) in [6.07, 6.45) is 0. The van der Waals surface area contributed by atoms with Crippen LogP contribution in [0.25, 0.3) is 11.0 Å². The fraction of sp³-hybridized carbons (Fsp3) is 0.143. The predicted octanol–water partition coefficient (Wildman–Crippen LogP) is 4.50. The average molecular weight is 278 g/mol. The molecule has 0 aliphatic carbocycles. The van der Waals surface area contributed by atoms with Gasteiger partial charge in [-0.3, -0.25) is 0 Å². The minimum absolute atomic E-state index is 0.228. The highest BCUT2D eigenvalue weighted by molar-refractivity contribution is 7.10. The SMILES string of the molecule is Cc1ccsc1C(N)c1cc2c(Cl)cccc2o1. The van der Waals surface area contributed by atoms with Crippen LogP contribution in [0.4, 0.5) is 0 Å². The molecule has 1 atom stereocenters. The lowest BCUT2D eigenvalue weighted by Gasteiger charge is -2.07. The molecule has 3 aromatic rings. The van der Waals surface area contributed by atoms with Crippen molar-refractivity contribution in [2.24, 2.45) is 5.73 Å². The molecule has 2 nitrogen and oxygen atoms in total. The minimum Gasteiger partial charge on any atom is -0.459 e. The van der Waals surface area contributed by atoms with Gasteiger partial charge in [0.1, 0.15) is 11.3 Å². The fourth-order valence-electron chi connectivity index (χ4n) is 2.03. The maximum atomic E-state index is 6.25. The van der Waals surface area contributed by atoms with Gasteiger partial charge in [-0.2, -0.15) is 0 Å². The Morgan fingerprint density at radius 2 is 2.17 bits per heavy atom. The maximum Gasteiger partial charge on any atom is 0.135 e. The van der Waals surface area contributed by atoms with Crippen molar-refractivity contribution in [2.75, 3.05) is 0 Å². The molecular weight excluding hydrogens is 266 g/mol. The van der Waals surface area contributed by atoms with Crippen LogP contribution in [-0.4, -0.2) is 0 Å². The summed E-state index contributed by atoms with van der Waals surface area (Å²) in [6.45, 7) is 2.06. The third-order valence-electron chi connectivity index (χ3n) is 3.02. The van der Waals surface area contributed by atoms with E-state index in [9.17, 15) is 0 Å². The summed E-state index contributed by atoms with van der Waals surface area (Å²) in [7, 11) is 0. The molecule has 1 unspecified atom stereocenters. The first kappa shape index (κ1) is 11.8. The molecule has 1 aromatic carbocycles. The van der Waals surface area contributed by atoms with Gasteiger partial charge < -0.3 is 10.2 Å². The summed E-state index contributed by atoms with van der Waals surface area (Å²) >= 11 is 7.78. The van der Waals surface area contributed by atoms with E-state index in [2.05, 4.69) is 13.0 Å². The quantitative estimate of drug-likeness (QED) is 0.749. The molecule has 0 aliphatic heterocycles. The van der Waals surface area contributed by atoms with Gasteiger partial charge in [0.15, 0.2) is 0 Å². The Morgan fingerprint density at radius 1 is 1.33 bits per heavy atom. The summed E-state index contributed by atoms with van der Waals surface area (Å²) in [5.74, 6) is 0.753. The fourth-order valence-corrected chi connectivity index (χ4v) is 3.19. The molecule has 0 saturated heterocycles. The molecule has 0 fully saturated rings. The van der Waals surface area contributed by atoms with Gasteiger partial charge in [-0.05, 0) is 42.1 Å². The van der Waals surface area contributed by atoms with Crippen LogP contribution >= 0.6 is 22.9 Å². The lowest BCUT2D eigenvalue weighted by molar-refractivity contribution is 0.527. The van der Waals surface area contributed by atoms with Crippen molar-refractivity contribution in [2.45, 2.75) is 13.0 Å². The Balaban J connectivity index is 2.10. The van der Waals surface area contributed by atoms with Crippen molar-refractivity contribution in [1.29, 1.82) is 0 Å². The molecular formula is C14H12ClNOS. The molecule has 2 N–H and O–H groups in total. The van der Waals surface area contributed by atoms with E-state index in [1.807, 2.05) is 29.6 Å². The first-order valence-corrected chi connectivity index (χ1v) is 6.90. The van der Waals surface area contributed by atoms with Gasteiger partial charge in [-0.25, -0.2) is 0 Å². The molecule has 0 bridgehead atoms. The van der Waals surface area contributed by atoms with Gasteiger partial charge in [0, 0.05) is 10.3 Å². The number of fused-ring (bicyclic) bond motifs is 1. The van der Waals surface area contributed by atoms with Crippen LogP contribution in [0, 0.1) is 6.92 Å². The maximum absolute atomic E-state index is 6.25. The second-order valence-electron chi connectivity index (χ2n) is 4.25. The van der Waals surface area contributed by atoms with Crippen molar-refractivity contribution in [3.05, 3.63) is 56.9 Å². The second kappa shape index (κ2) is 4.43. The molecule has 0 amide bonds. The summed E-state index contributed by atoms with van der Waals surface area (Å²) < 4.78 is 5.79. The minimum atomic E-state index is -0.228. The Kier molecular flexibility index (Phi) is 2.90. The van der Waals surface area contributed by atoms with Crippen molar-refractivity contribution in [3.8, 4) is 0 Å². The van der Waals surface area contributed by atoms with Crippen LogP contribution in [0.3, 0.4) is 0 Å². The molecule has 2 heterocycles. The standard InChI is InChI=1S/C14H12ClNOS/c1-8-5-6-18-14(8)13(16)12-7-9-10(15)3-2-4-11(9)17-12/h2-7,13H,16H2,1H3. The van der Waals surface area contributed by atoms with E-state index in [1.54, 1.807) is 11.3 Å². The largest absolute Gasteiger partial charge is 0.459 e. The zero-order valence-electron chi connectivity index (χ0n) is 9.81. The Bertz CT molecular complexity index is 701. The summed E-state index contributed by atoms with van der Waals surface area (Å²) in [5, 5.41) is 3.65. The van der Waals surface area contributed by atoms with Gasteiger partial charge in [0.05, 0.1) is 11.1 Å². The molecule has 0 aliphatic rings. The van der Waals surface area contributed by atoms with Crippen LogP contribution in [0.5, 0.6) is 0 Å². The van der Waals surface area contributed by atoms with E-state index >= 15 is 0 Å². The number of hydrogen-bond donors (Lipinski definition) is 1. The van der Waals surface area contributed by atoms with E-state index in [-0.39, 0.29) is 6.04 Å². The number of thiophene rings is 1. The zero-order valence-corrected chi connectivity index (χ0v) is 11.4. The number of benzene rings is 1. The van der Waals surface area contributed by atoms with Gasteiger partial charge in [0.25, 0.3) is 0 Å². The zero-order chi connectivity index (χ0) is 12.7. The van der Waals surface area contributed by atoms with E-state index in [4.69, 9.17) is 21.8 Å². The molecule has 4 heteroatoms. The highest BCUT2D eigenvalue weighted by Crippen LogP contribution is 2.33. The average Bonchev–Trinajstić information content (AvgIpc) is 2.95. The molecule has 92 valence electrons. The van der Waals surface area contributed by atoms with Crippen LogP contribution < -0.4 is 5.73 Å². The van der Waals surface area contributed by atoms with Crippen LogP contribution in [0.2, 0.25) is 5.02 Å². The topological polar surface area (TPSA) is 39.2 Å². The highest BCUT2D eigenvalue weighted by atomic mass is 35.5. The van der Waals surface area contributed by atoms with Crippen molar-refractivity contribution < 1.29 is 4.42 Å². The van der Waals surface area contributed by atoms with Crippen LogP contribution in [0.15, 0.2) is 40.1 Å². The number of rotatable bonds is 2. The predicted molar refractivity (Wildman–Crippen MR) is 76.3 cm³/mol. The van der Waals surface area contributed by atoms with E-state index in [0.717, 1.165) is 21.6 Å². The lowest BCUT2D eigenvalue weighted by atomic mass is 10.1. The molecule has 2 aromatic heterocycles. The molecule has 0 saturated carbocycles. The molecule has 0 radical (unpaired) electrons. The van der Waals surface area contributed by atoms with E-state index in [0.29, 0.717) is 5.02 Å². The first-order chi connectivity index (χ1) is 8.66. The summed E-state index contributed by atoms with van der Waals surface area (Å²) in [4.78, 5) is 1.13. The monoisotopic (exact) mass is 277 g/mol. The van der Waals surface area contributed by atoms with Crippen LogP contribution in [0.1, 0.15) is 22.2 Å². The van der Waals surface area contributed by atoms with E-state index in [1.165, 1.54) is 5.56 Å². The Hall–Kier alpha value is -1.29. The first-order valence-electron chi connectivity index (χ1n) is 5.64. The second-order valence-corrected chi connectivity index (χ2v) is 5.60. The number of aryl methyl sites for hydroxylation is 1. The lowest BCUT2D eigenvalue weighted by Crippen LogP contribution is -2.10.